The van der Waals surface area contributed by atoms with Gasteiger partial charge in [0.25, 0.3) is 0 Å². The summed E-state index contributed by atoms with van der Waals surface area (Å²) in [5.74, 6) is 1.10. The SMILES string of the molecule is CCC(CCO)c1ccc(C(C)C)cc1. The van der Waals surface area contributed by atoms with Crippen molar-refractivity contribution in [1.29, 1.82) is 0 Å². The van der Waals surface area contributed by atoms with E-state index in [4.69, 9.17) is 5.11 Å². The van der Waals surface area contributed by atoms with Crippen LogP contribution in [0.2, 0.25) is 0 Å². The van der Waals surface area contributed by atoms with E-state index in [2.05, 4.69) is 45.0 Å². The van der Waals surface area contributed by atoms with Crippen molar-refractivity contribution < 1.29 is 5.11 Å². The van der Waals surface area contributed by atoms with Crippen molar-refractivity contribution >= 4 is 0 Å². The van der Waals surface area contributed by atoms with Crippen LogP contribution in [0.15, 0.2) is 24.3 Å². The Morgan fingerprint density at radius 3 is 2.00 bits per heavy atom. The summed E-state index contributed by atoms with van der Waals surface area (Å²) in [7, 11) is 0. The lowest BCUT2D eigenvalue weighted by Crippen LogP contribution is -2.00. The summed E-state index contributed by atoms with van der Waals surface area (Å²) in [5, 5.41) is 8.97. The van der Waals surface area contributed by atoms with Crippen LogP contribution in [0.3, 0.4) is 0 Å². The van der Waals surface area contributed by atoms with E-state index in [0.29, 0.717) is 11.8 Å². The summed E-state index contributed by atoms with van der Waals surface area (Å²) in [4.78, 5) is 0. The van der Waals surface area contributed by atoms with Crippen molar-refractivity contribution in [1.82, 2.24) is 0 Å². The highest BCUT2D eigenvalue weighted by Gasteiger charge is 2.08. The Balaban J connectivity index is 2.77. The molecule has 0 spiro atoms. The van der Waals surface area contributed by atoms with Crippen LogP contribution < -0.4 is 0 Å². The molecule has 1 unspecified atom stereocenters. The second-order valence-corrected chi connectivity index (χ2v) is 4.44. The molecule has 0 fully saturated rings. The third kappa shape index (κ3) is 3.35. The fourth-order valence-electron chi connectivity index (χ4n) is 1.92. The Hall–Kier alpha value is -0.820. The standard InChI is InChI=1S/C14H22O/c1-4-12(9-10-15)14-7-5-13(6-8-14)11(2)3/h5-8,11-12,15H,4,9-10H2,1-3H3. The molecule has 0 aromatic heterocycles. The summed E-state index contributed by atoms with van der Waals surface area (Å²) in [6.07, 6.45) is 1.97. The van der Waals surface area contributed by atoms with Crippen LogP contribution in [-0.2, 0) is 0 Å². The zero-order valence-corrected chi connectivity index (χ0v) is 10.0. The fraction of sp³-hybridized carbons (Fsp3) is 0.571. The normalized spacial score (nSPS) is 13.1. The Morgan fingerprint density at radius 2 is 1.60 bits per heavy atom. The summed E-state index contributed by atoms with van der Waals surface area (Å²) in [6.45, 7) is 6.88. The Morgan fingerprint density at radius 1 is 1.07 bits per heavy atom. The molecule has 0 aliphatic heterocycles. The highest BCUT2D eigenvalue weighted by Crippen LogP contribution is 2.24. The molecular weight excluding hydrogens is 184 g/mol. The minimum absolute atomic E-state index is 0.282. The monoisotopic (exact) mass is 206 g/mol. The van der Waals surface area contributed by atoms with Gasteiger partial charge in [0.15, 0.2) is 0 Å². The molecule has 1 rings (SSSR count). The van der Waals surface area contributed by atoms with E-state index < -0.39 is 0 Å². The van der Waals surface area contributed by atoms with Gasteiger partial charge < -0.3 is 5.11 Å². The van der Waals surface area contributed by atoms with Crippen LogP contribution in [0.1, 0.15) is 56.6 Å². The summed E-state index contributed by atoms with van der Waals surface area (Å²) in [6, 6.07) is 8.83. The molecule has 1 nitrogen and oxygen atoms in total. The van der Waals surface area contributed by atoms with Crippen LogP contribution in [0.4, 0.5) is 0 Å². The van der Waals surface area contributed by atoms with E-state index in [1.54, 1.807) is 0 Å². The lowest BCUT2D eigenvalue weighted by molar-refractivity contribution is 0.274. The number of hydrogen-bond acceptors (Lipinski definition) is 1. The first-order valence-corrected chi connectivity index (χ1v) is 5.89. The van der Waals surface area contributed by atoms with Crippen molar-refractivity contribution in [2.45, 2.75) is 45.4 Å². The third-order valence-corrected chi connectivity index (χ3v) is 3.04. The first-order valence-electron chi connectivity index (χ1n) is 5.89. The molecule has 0 saturated heterocycles. The lowest BCUT2D eigenvalue weighted by Gasteiger charge is -2.15. The molecule has 15 heavy (non-hydrogen) atoms. The van der Waals surface area contributed by atoms with Crippen LogP contribution in [0.5, 0.6) is 0 Å². The van der Waals surface area contributed by atoms with E-state index in [9.17, 15) is 0 Å². The third-order valence-electron chi connectivity index (χ3n) is 3.04. The minimum atomic E-state index is 0.282. The predicted octanol–water partition coefficient (Wildman–Crippen LogP) is 3.69. The van der Waals surface area contributed by atoms with Gasteiger partial charge in [0, 0.05) is 6.61 Å². The first-order chi connectivity index (χ1) is 7.19. The van der Waals surface area contributed by atoms with Crippen LogP contribution in [0, 0.1) is 0 Å². The van der Waals surface area contributed by atoms with Gasteiger partial charge in [-0.05, 0) is 35.8 Å². The number of rotatable bonds is 5. The molecule has 1 aromatic rings. The topological polar surface area (TPSA) is 20.2 Å². The fourth-order valence-corrected chi connectivity index (χ4v) is 1.92. The predicted molar refractivity (Wildman–Crippen MR) is 65.3 cm³/mol. The van der Waals surface area contributed by atoms with Gasteiger partial charge in [-0.1, -0.05) is 45.0 Å². The molecule has 0 saturated carbocycles. The molecule has 0 heterocycles. The van der Waals surface area contributed by atoms with E-state index >= 15 is 0 Å². The molecule has 0 bridgehead atoms. The van der Waals surface area contributed by atoms with Crippen molar-refractivity contribution in [2.24, 2.45) is 0 Å². The zero-order valence-electron chi connectivity index (χ0n) is 10.0. The van der Waals surface area contributed by atoms with Gasteiger partial charge in [0.2, 0.25) is 0 Å². The molecule has 0 amide bonds. The minimum Gasteiger partial charge on any atom is -0.396 e. The van der Waals surface area contributed by atoms with Gasteiger partial charge in [-0.2, -0.15) is 0 Å². The van der Waals surface area contributed by atoms with E-state index in [-0.39, 0.29) is 6.61 Å². The molecular formula is C14H22O. The van der Waals surface area contributed by atoms with Gasteiger partial charge in [-0.25, -0.2) is 0 Å². The Kier molecular flexibility index (Phi) is 4.83. The lowest BCUT2D eigenvalue weighted by atomic mass is 9.91. The maximum atomic E-state index is 8.97. The van der Waals surface area contributed by atoms with Gasteiger partial charge in [0.1, 0.15) is 0 Å². The molecule has 1 heteroatoms. The Labute approximate surface area is 93.1 Å². The second-order valence-electron chi connectivity index (χ2n) is 4.44. The number of aliphatic hydroxyl groups excluding tert-OH is 1. The van der Waals surface area contributed by atoms with Crippen molar-refractivity contribution in [2.75, 3.05) is 6.61 Å². The molecule has 0 radical (unpaired) electrons. The number of benzene rings is 1. The van der Waals surface area contributed by atoms with E-state index in [1.165, 1.54) is 11.1 Å². The first kappa shape index (κ1) is 12.3. The second kappa shape index (κ2) is 5.92. The maximum absolute atomic E-state index is 8.97. The average molecular weight is 206 g/mol. The largest absolute Gasteiger partial charge is 0.396 e. The summed E-state index contributed by atoms with van der Waals surface area (Å²) in [5.41, 5.74) is 2.74. The quantitative estimate of drug-likeness (QED) is 0.779. The van der Waals surface area contributed by atoms with Gasteiger partial charge >= 0.3 is 0 Å². The highest BCUT2D eigenvalue weighted by molar-refractivity contribution is 5.27. The van der Waals surface area contributed by atoms with E-state index in [1.807, 2.05) is 0 Å². The Bertz CT molecular complexity index is 274. The molecule has 1 atom stereocenters. The zero-order chi connectivity index (χ0) is 11.3. The average Bonchev–Trinajstić information content (AvgIpc) is 2.26. The van der Waals surface area contributed by atoms with Crippen LogP contribution in [-0.4, -0.2) is 11.7 Å². The van der Waals surface area contributed by atoms with Gasteiger partial charge in [-0.3, -0.25) is 0 Å². The van der Waals surface area contributed by atoms with Crippen LogP contribution in [0.25, 0.3) is 0 Å². The van der Waals surface area contributed by atoms with Crippen molar-refractivity contribution in [3.8, 4) is 0 Å². The molecule has 0 aliphatic carbocycles. The highest BCUT2D eigenvalue weighted by atomic mass is 16.3. The molecule has 1 N–H and O–H groups in total. The van der Waals surface area contributed by atoms with Crippen LogP contribution >= 0.6 is 0 Å². The van der Waals surface area contributed by atoms with Crippen molar-refractivity contribution in [3.05, 3.63) is 35.4 Å². The van der Waals surface area contributed by atoms with Crippen molar-refractivity contribution in [3.63, 3.8) is 0 Å². The summed E-state index contributed by atoms with van der Waals surface area (Å²) >= 11 is 0. The maximum Gasteiger partial charge on any atom is 0.0436 e. The molecule has 0 aliphatic rings. The number of aliphatic hydroxyl groups is 1. The van der Waals surface area contributed by atoms with Gasteiger partial charge in [0.05, 0.1) is 0 Å². The molecule has 1 aromatic carbocycles. The molecule has 84 valence electrons. The van der Waals surface area contributed by atoms with E-state index in [0.717, 1.165) is 12.8 Å². The summed E-state index contributed by atoms with van der Waals surface area (Å²) < 4.78 is 0. The van der Waals surface area contributed by atoms with Gasteiger partial charge in [-0.15, -0.1) is 0 Å². The smallest absolute Gasteiger partial charge is 0.0436 e. The number of hydrogen-bond donors (Lipinski definition) is 1.